The molecule has 2 aliphatic heterocycles. The van der Waals surface area contributed by atoms with Gasteiger partial charge >= 0.3 is 0 Å². The van der Waals surface area contributed by atoms with E-state index in [0.29, 0.717) is 43.7 Å². The molecule has 4 heteroatoms. The fourth-order valence-electron chi connectivity index (χ4n) is 4.15. The smallest absolute Gasteiger partial charge is 0.220 e. The van der Waals surface area contributed by atoms with Gasteiger partial charge in [-0.3, -0.25) is 4.79 Å². The summed E-state index contributed by atoms with van der Waals surface area (Å²) in [6.07, 6.45) is 11.1. The molecule has 2 N–H and O–H groups in total. The Balaban J connectivity index is 1.27. The first-order chi connectivity index (χ1) is 9.79. The third kappa shape index (κ3) is 3.95. The van der Waals surface area contributed by atoms with E-state index in [1.165, 1.54) is 51.4 Å². The van der Waals surface area contributed by atoms with E-state index in [2.05, 4.69) is 10.6 Å². The Morgan fingerprint density at radius 3 is 2.50 bits per heavy atom. The quantitative estimate of drug-likeness (QED) is 0.732. The van der Waals surface area contributed by atoms with Crippen molar-refractivity contribution in [2.45, 2.75) is 76.0 Å². The second kappa shape index (κ2) is 6.90. The van der Waals surface area contributed by atoms with Crippen molar-refractivity contribution in [3.63, 3.8) is 0 Å². The van der Waals surface area contributed by atoms with E-state index < -0.39 is 0 Å². The van der Waals surface area contributed by atoms with Crippen molar-refractivity contribution >= 4 is 5.91 Å². The predicted octanol–water partition coefficient (Wildman–Crippen LogP) is 1.98. The van der Waals surface area contributed by atoms with Gasteiger partial charge in [0.25, 0.3) is 0 Å². The van der Waals surface area contributed by atoms with Gasteiger partial charge in [0.2, 0.25) is 5.91 Å². The number of carbonyl (C=O) groups is 1. The predicted molar refractivity (Wildman–Crippen MR) is 78.5 cm³/mol. The largest absolute Gasteiger partial charge is 0.376 e. The van der Waals surface area contributed by atoms with Crippen LogP contribution in [0, 0.1) is 5.92 Å². The molecule has 2 atom stereocenters. The minimum absolute atomic E-state index is 0.214. The summed E-state index contributed by atoms with van der Waals surface area (Å²) in [5.41, 5.74) is 0. The van der Waals surface area contributed by atoms with E-state index in [1.807, 2.05) is 0 Å². The van der Waals surface area contributed by atoms with Gasteiger partial charge in [0.05, 0.1) is 12.7 Å². The number of piperidine rings is 1. The van der Waals surface area contributed by atoms with E-state index >= 15 is 0 Å². The van der Waals surface area contributed by atoms with Crippen LogP contribution >= 0.6 is 0 Å². The minimum atomic E-state index is 0.214. The number of rotatable bonds is 6. The van der Waals surface area contributed by atoms with Crippen LogP contribution in [0.1, 0.15) is 57.8 Å². The molecule has 4 nitrogen and oxygen atoms in total. The van der Waals surface area contributed by atoms with Gasteiger partial charge in [-0.05, 0) is 44.4 Å². The van der Waals surface area contributed by atoms with Crippen molar-refractivity contribution in [2.24, 2.45) is 5.92 Å². The highest BCUT2D eigenvalue weighted by Crippen LogP contribution is 2.32. The average Bonchev–Trinajstić information content (AvgIpc) is 3.05. The Hall–Kier alpha value is -0.610. The number of amides is 1. The molecular weight excluding hydrogens is 252 g/mol. The van der Waals surface area contributed by atoms with Gasteiger partial charge in [0.15, 0.2) is 0 Å². The minimum Gasteiger partial charge on any atom is -0.376 e. The zero-order valence-electron chi connectivity index (χ0n) is 12.4. The highest BCUT2D eigenvalue weighted by atomic mass is 16.5. The first kappa shape index (κ1) is 14.3. The zero-order valence-corrected chi connectivity index (χ0v) is 12.4. The third-order valence-corrected chi connectivity index (χ3v) is 5.12. The number of nitrogens with one attached hydrogen (secondary N) is 2. The summed E-state index contributed by atoms with van der Waals surface area (Å²) < 4.78 is 5.76. The summed E-state index contributed by atoms with van der Waals surface area (Å²) in [5.74, 6) is 0.802. The van der Waals surface area contributed by atoms with Crippen LogP contribution in [0.25, 0.3) is 0 Å². The van der Waals surface area contributed by atoms with Crippen LogP contribution in [0.2, 0.25) is 0 Å². The number of hydrogen-bond acceptors (Lipinski definition) is 3. The Kier molecular flexibility index (Phi) is 4.94. The SMILES string of the molecule is O=C(CC1CC2CCC(C1)N2)NCCOC1CCCC1. The van der Waals surface area contributed by atoms with Gasteiger partial charge in [-0.25, -0.2) is 0 Å². The van der Waals surface area contributed by atoms with E-state index in [1.54, 1.807) is 0 Å². The van der Waals surface area contributed by atoms with Crippen molar-refractivity contribution in [1.29, 1.82) is 0 Å². The van der Waals surface area contributed by atoms with Crippen LogP contribution in [0.4, 0.5) is 0 Å². The normalized spacial score (nSPS) is 33.5. The first-order valence-electron chi connectivity index (χ1n) is 8.44. The van der Waals surface area contributed by atoms with Crippen LogP contribution in [0.3, 0.4) is 0 Å². The molecule has 1 saturated carbocycles. The maximum Gasteiger partial charge on any atom is 0.220 e. The van der Waals surface area contributed by atoms with Crippen LogP contribution in [0.15, 0.2) is 0 Å². The Bertz CT molecular complexity index is 316. The van der Waals surface area contributed by atoms with E-state index in [0.717, 1.165) is 0 Å². The van der Waals surface area contributed by atoms with E-state index in [-0.39, 0.29) is 5.91 Å². The number of ether oxygens (including phenoxy) is 1. The van der Waals surface area contributed by atoms with Gasteiger partial charge in [0.1, 0.15) is 0 Å². The van der Waals surface area contributed by atoms with Crippen LogP contribution in [-0.4, -0.2) is 37.2 Å². The molecule has 3 aliphatic rings. The first-order valence-corrected chi connectivity index (χ1v) is 8.44. The van der Waals surface area contributed by atoms with Crippen molar-refractivity contribution in [3.05, 3.63) is 0 Å². The fourth-order valence-corrected chi connectivity index (χ4v) is 4.15. The van der Waals surface area contributed by atoms with Crippen LogP contribution < -0.4 is 10.6 Å². The fraction of sp³-hybridized carbons (Fsp3) is 0.938. The molecule has 20 heavy (non-hydrogen) atoms. The van der Waals surface area contributed by atoms with Gasteiger partial charge < -0.3 is 15.4 Å². The molecule has 2 saturated heterocycles. The van der Waals surface area contributed by atoms with E-state index in [4.69, 9.17) is 4.74 Å². The summed E-state index contributed by atoms with van der Waals surface area (Å²) in [7, 11) is 0. The molecule has 1 aliphatic carbocycles. The summed E-state index contributed by atoms with van der Waals surface area (Å²) in [6, 6.07) is 1.36. The average molecular weight is 280 g/mol. The molecular formula is C16H28N2O2. The summed E-state index contributed by atoms with van der Waals surface area (Å²) in [6.45, 7) is 1.35. The monoisotopic (exact) mass is 280 g/mol. The zero-order chi connectivity index (χ0) is 13.8. The highest BCUT2D eigenvalue weighted by Gasteiger charge is 2.34. The lowest BCUT2D eigenvalue weighted by Gasteiger charge is -2.28. The van der Waals surface area contributed by atoms with Gasteiger partial charge in [-0.15, -0.1) is 0 Å². The number of fused-ring (bicyclic) bond motifs is 2. The molecule has 2 heterocycles. The van der Waals surface area contributed by atoms with Crippen LogP contribution in [-0.2, 0) is 9.53 Å². The van der Waals surface area contributed by atoms with Crippen molar-refractivity contribution < 1.29 is 9.53 Å². The molecule has 1 amide bonds. The molecule has 0 radical (unpaired) electrons. The van der Waals surface area contributed by atoms with E-state index in [9.17, 15) is 4.79 Å². The second-order valence-electron chi connectivity index (χ2n) is 6.81. The van der Waals surface area contributed by atoms with Crippen molar-refractivity contribution in [1.82, 2.24) is 10.6 Å². The molecule has 3 fully saturated rings. The lowest BCUT2D eigenvalue weighted by atomic mass is 9.89. The van der Waals surface area contributed by atoms with Gasteiger partial charge in [-0.1, -0.05) is 12.8 Å². The van der Waals surface area contributed by atoms with Gasteiger partial charge in [-0.2, -0.15) is 0 Å². The molecule has 0 aromatic heterocycles. The second-order valence-corrected chi connectivity index (χ2v) is 6.81. The maximum absolute atomic E-state index is 12.0. The third-order valence-electron chi connectivity index (χ3n) is 5.12. The topological polar surface area (TPSA) is 50.4 Å². The summed E-state index contributed by atoms with van der Waals surface area (Å²) in [4.78, 5) is 12.0. The molecule has 114 valence electrons. The van der Waals surface area contributed by atoms with Crippen molar-refractivity contribution in [2.75, 3.05) is 13.2 Å². The standard InChI is InChI=1S/C16H28N2O2/c19-16(17-7-8-20-15-3-1-2-4-15)11-12-9-13-5-6-14(10-12)18-13/h12-15,18H,1-11H2,(H,17,19). The molecule has 2 bridgehead atoms. The summed E-state index contributed by atoms with van der Waals surface area (Å²) >= 11 is 0. The highest BCUT2D eigenvalue weighted by molar-refractivity contribution is 5.76. The van der Waals surface area contributed by atoms with Crippen molar-refractivity contribution in [3.8, 4) is 0 Å². The molecule has 0 aromatic carbocycles. The lowest BCUT2D eigenvalue weighted by Crippen LogP contribution is -2.40. The molecule has 0 aromatic rings. The maximum atomic E-state index is 12.0. The summed E-state index contributed by atoms with van der Waals surface area (Å²) in [5, 5.41) is 6.64. The lowest BCUT2D eigenvalue weighted by molar-refractivity contribution is -0.122. The number of hydrogen-bond donors (Lipinski definition) is 2. The number of carbonyl (C=O) groups excluding carboxylic acids is 1. The Morgan fingerprint density at radius 2 is 1.80 bits per heavy atom. The molecule has 3 rings (SSSR count). The van der Waals surface area contributed by atoms with Crippen LogP contribution in [0.5, 0.6) is 0 Å². The Labute approximate surface area is 122 Å². The Morgan fingerprint density at radius 1 is 1.10 bits per heavy atom. The molecule has 2 unspecified atom stereocenters. The molecule has 0 spiro atoms. The van der Waals surface area contributed by atoms with Gasteiger partial charge in [0, 0.05) is 25.0 Å².